The van der Waals surface area contributed by atoms with E-state index in [4.69, 9.17) is 9.84 Å². The van der Waals surface area contributed by atoms with Gasteiger partial charge in [-0.05, 0) is 39.5 Å². The van der Waals surface area contributed by atoms with Crippen molar-refractivity contribution in [1.29, 1.82) is 0 Å². The van der Waals surface area contributed by atoms with Gasteiger partial charge in [0.05, 0.1) is 5.69 Å². The number of rotatable bonds is 6. The molecule has 0 saturated heterocycles. The molecule has 6 nitrogen and oxygen atoms in total. The molecule has 9 heteroatoms. The molecule has 0 spiro atoms. The third-order valence-corrected chi connectivity index (χ3v) is 6.33. The fourth-order valence-corrected chi connectivity index (χ4v) is 4.86. The number of sulfonamides is 1. The minimum Gasteiger partial charge on any atom is -0.482 e. The Hall–Kier alpha value is -1.58. The number of benzene rings is 1. The number of ether oxygens (including phenoxy) is 1. The Balaban J connectivity index is 2.18. The summed E-state index contributed by atoms with van der Waals surface area (Å²) in [6, 6.07) is 7.72. The first-order chi connectivity index (χ1) is 9.88. The Morgan fingerprint density at radius 2 is 2.14 bits per heavy atom. The van der Waals surface area contributed by atoms with Crippen molar-refractivity contribution in [1.82, 2.24) is 0 Å². The molecule has 0 unspecified atom stereocenters. The molecule has 0 amide bonds. The number of anilines is 1. The number of hydrogen-bond acceptors (Lipinski definition) is 5. The minimum atomic E-state index is -3.70. The molecule has 112 valence electrons. The second-order valence-corrected chi connectivity index (χ2v) is 7.52. The number of thiophene rings is 1. The van der Waals surface area contributed by atoms with Gasteiger partial charge in [-0.25, -0.2) is 13.2 Å². The fourth-order valence-electron chi connectivity index (χ4n) is 1.47. The van der Waals surface area contributed by atoms with E-state index < -0.39 is 22.6 Å². The molecule has 0 aliphatic heterocycles. The summed E-state index contributed by atoms with van der Waals surface area (Å²) in [5.74, 6) is -0.841. The predicted octanol–water partition coefficient (Wildman–Crippen LogP) is 2.77. The van der Waals surface area contributed by atoms with Gasteiger partial charge in [0.2, 0.25) is 0 Å². The van der Waals surface area contributed by atoms with Crippen LogP contribution in [0.5, 0.6) is 5.75 Å². The molecule has 0 bridgehead atoms. The molecule has 0 saturated carbocycles. The van der Waals surface area contributed by atoms with E-state index in [0.717, 1.165) is 11.3 Å². The summed E-state index contributed by atoms with van der Waals surface area (Å²) in [5.41, 5.74) is 0.290. The summed E-state index contributed by atoms with van der Waals surface area (Å²) in [5, 5.41) is 10.2. The summed E-state index contributed by atoms with van der Waals surface area (Å²) >= 11 is 4.26. The highest BCUT2D eigenvalue weighted by molar-refractivity contribution is 9.10. The third kappa shape index (κ3) is 4.19. The van der Waals surface area contributed by atoms with E-state index >= 15 is 0 Å². The maximum absolute atomic E-state index is 12.2. The molecule has 0 aliphatic rings. The van der Waals surface area contributed by atoms with Crippen LogP contribution >= 0.6 is 27.3 Å². The van der Waals surface area contributed by atoms with Gasteiger partial charge in [0.25, 0.3) is 10.0 Å². The first-order valence-corrected chi connectivity index (χ1v) is 8.74. The van der Waals surface area contributed by atoms with E-state index in [1.54, 1.807) is 29.6 Å². The van der Waals surface area contributed by atoms with E-state index in [1.807, 2.05) is 0 Å². The van der Waals surface area contributed by atoms with E-state index in [9.17, 15) is 13.2 Å². The maximum atomic E-state index is 12.2. The lowest BCUT2D eigenvalue weighted by atomic mass is 10.3. The average Bonchev–Trinajstić information content (AvgIpc) is 2.83. The van der Waals surface area contributed by atoms with Gasteiger partial charge < -0.3 is 9.84 Å². The quantitative estimate of drug-likeness (QED) is 0.789. The van der Waals surface area contributed by atoms with Crippen molar-refractivity contribution in [3.8, 4) is 5.75 Å². The molecule has 21 heavy (non-hydrogen) atoms. The van der Waals surface area contributed by atoms with Crippen molar-refractivity contribution in [2.75, 3.05) is 11.3 Å². The Morgan fingerprint density at radius 3 is 2.76 bits per heavy atom. The van der Waals surface area contributed by atoms with Crippen molar-refractivity contribution >= 4 is 48.9 Å². The van der Waals surface area contributed by atoms with Crippen molar-refractivity contribution in [2.45, 2.75) is 4.21 Å². The first kappa shape index (κ1) is 15.8. The third-order valence-electron chi connectivity index (χ3n) is 2.28. The highest BCUT2D eigenvalue weighted by Gasteiger charge is 2.19. The lowest BCUT2D eigenvalue weighted by Gasteiger charge is -2.09. The van der Waals surface area contributed by atoms with Crippen molar-refractivity contribution in [2.24, 2.45) is 0 Å². The summed E-state index contributed by atoms with van der Waals surface area (Å²) in [6.45, 7) is -0.493. The molecule has 2 aromatic rings. The van der Waals surface area contributed by atoms with Gasteiger partial charge in [0.1, 0.15) is 5.75 Å². The van der Waals surface area contributed by atoms with Crippen LogP contribution in [0.1, 0.15) is 0 Å². The topological polar surface area (TPSA) is 92.7 Å². The lowest BCUT2D eigenvalue weighted by molar-refractivity contribution is -0.139. The molecular weight excluding hydrogens is 382 g/mol. The second kappa shape index (κ2) is 6.46. The molecule has 0 atom stereocenters. The SMILES string of the molecule is O=C(O)COc1cccc(NS(=O)(=O)c2sccc2Br)c1. The number of nitrogens with one attached hydrogen (secondary N) is 1. The molecular formula is C12H10BrNO5S2. The smallest absolute Gasteiger partial charge is 0.341 e. The van der Waals surface area contributed by atoms with Crippen LogP contribution in [0, 0.1) is 0 Å². The van der Waals surface area contributed by atoms with Crippen LogP contribution in [-0.4, -0.2) is 26.1 Å². The molecule has 1 aromatic heterocycles. The number of carboxylic acid groups (broad SMARTS) is 1. The summed E-state index contributed by atoms with van der Waals surface area (Å²) in [4.78, 5) is 10.4. The summed E-state index contributed by atoms with van der Waals surface area (Å²) in [7, 11) is -3.70. The van der Waals surface area contributed by atoms with Crippen LogP contribution < -0.4 is 9.46 Å². The van der Waals surface area contributed by atoms with Crippen molar-refractivity contribution in [3.63, 3.8) is 0 Å². The van der Waals surface area contributed by atoms with E-state index in [0.29, 0.717) is 4.47 Å². The van der Waals surface area contributed by atoms with Gasteiger partial charge in [-0.15, -0.1) is 11.3 Å². The number of halogens is 1. The zero-order chi connectivity index (χ0) is 15.5. The van der Waals surface area contributed by atoms with Crippen LogP contribution in [0.3, 0.4) is 0 Å². The minimum absolute atomic E-state index is 0.166. The predicted molar refractivity (Wildman–Crippen MR) is 82.4 cm³/mol. The highest BCUT2D eigenvalue weighted by atomic mass is 79.9. The maximum Gasteiger partial charge on any atom is 0.341 e. The molecule has 2 rings (SSSR count). The van der Waals surface area contributed by atoms with Crippen LogP contribution in [0.25, 0.3) is 0 Å². The Morgan fingerprint density at radius 1 is 1.38 bits per heavy atom. The van der Waals surface area contributed by atoms with Crippen molar-refractivity contribution in [3.05, 3.63) is 40.2 Å². The van der Waals surface area contributed by atoms with E-state index in [2.05, 4.69) is 20.7 Å². The second-order valence-electron chi connectivity index (χ2n) is 3.87. The van der Waals surface area contributed by atoms with Crippen LogP contribution in [0.4, 0.5) is 5.69 Å². The zero-order valence-corrected chi connectivity index (χ0v) is 13.7. The lowest BCUT2D eigenvalue weighted by Crippen LogP contribution is -2.12. The number of aliphatic carboxylic acids is 1. The van der Waals surface area contributed by atoms with Gasteiger partial charge in [0, 0.05) is 10.5 Å². The molecule has 0 fully saturated rings. The normalized spacial score (nSPS) is 11.1. The van der Waals surface area contributed by atoms with Crippen molar-refractivity contribution < 1.29 is 23.1 Å². The van der Waals surface area contributed by atoms with E-state index in [-0.39, 0.29) is 15.6 Å². The van der Waals surface area contributed by atoms with Gasteiger partial charge in [-0.3, -0.25) is 4.72 Å². The Labute approximate surface area is 133 Å². The fraction of sp³-hybridized carbons (Fsp3) is 0.0833. The van der Waals surface area contributed by atoms with Crippen LogP contribution in [0.2, 0.25) is 0 Å². The van der Waals surface area contributed by atoms with Crippen LogP contribution in [-0.2, 0) is 14.8 Å². The monoisotopic (exact) mass is 391 g/mol. The van der Waals surface area contributed by atoms with Crippen LogP contribution in [0.15, 0.2) is 44.4 Å². The standard InChI is InChI=1S/C12H10BrNO5S2/c13-10-4-5-20-12(10)21(17,18)14-8-2-1-3-9(6-8)19-7-11(15)16/h1-6,14H,7H2,(H,15,16). The molecule has 1 aromatic carbocycles. The Kier molecular flexibility index (Phi) is 4.86. The molecule has 0 aliphatic carbocycles. The summed E-state index contributed by atoms with van der Waals surface area (Å²) in [6.07, 6.45) is 0. The number of carbonyl (C=O) groups is 1. The number of carboxylic acids is 1. The first-order valence-electron chi connectivity index (χ1n) is 5.59. The van der Waals surface area contributed by atoms with Gasteiger partial charge in [0.15, 0.2) is 10.8 Å². The Bertz CT molecular complexity index is 757. The number of hydrogen-bond donors (Lipinski definition) is 2. The molecule has 2 N–H and O–H groups in total. The largest absolute Gasteiger partial charge is 0.482 e. The average molecular weight is 392 g/mol. The van der Waals surface area contributed by atoms with Gasteiger partial charge in [-0.2, -0.15) is 0 Å². The molecule has 1 heterocycles. The highest BCUT2D eigenvalue weighted by Crippen LogP contribution is 2.29. The summed E-state index contributed by atoms with van der Waals surface area (Å²) < 4.78 is 32.5. The molecule has 0 radical (unpaired) electrons. The van der Waals surface area contributed by atoms with E-state index in [1.165, 1.54) is 6.07 Å². The van der Waals surface area contributed by atoms with Gasteiger partial charge in [-0.1, -0.05) is 6.07 Å². The van der Waals surface area contributed by atoms with Gasteiger partial charge >= 0.3 is 5.97 Å². The zero-order valence-electron chi connectivity index (χ0n) is 10.4.